The number of aliphatic hydroxyl groups is 1. The van der Waals surface area contributed by atoms with E-state index in [1.165, 1.54) is 15.8 Å². The number of hydrogen-bond acceptors (Lipinski definition) is 9. The fraction of sp³-hybridized carbons (Fsp3) is 0.543. The van der Waals surface area contributed by atoms with Crippen LogP contribution in [0.5, 0.6) is 0 Å². The second-order valence-corrected chi connectivity index (χ2v) is 14.2. The molecular formula is C35H44N8O7. The van der Waals surface area contributed by atoms with Crippen molar-refractivity contribution in [1.29, 1.82) is 0 Å². The minimum absolute atomic E-state index is 0.0183. The maximum Gasteiger partial charge on any atom is 0.287 e. The number of amides is 4. The molecule has 1 aliphatic carbocycles. The van der Waals surface area contributed by atoms with Crippen molar-refractivity contribution >= 4 is 46.0 Å². The van der Waals surface area contributed by atoms with Gasteiger partial charge in [0.2, 0.25) is 11.7 Å². The Bertz CT molecular complexity index is 1810. The lowest BCUT2D eigenvalue weighted by atomic mass is 9.84. The van der Waals surface area contributed by atoms with Gasteiger partial charge in [-0.25, -0.2) is 9.67 Å². The van der Waals surface area contributed by atoms with Crippen LogP contribution in [0.25, 0.3) is 10.9 Å². The number of H-pyrrole nitrogens is 1. The van der Waals surface area contributed by atoms with E-state index in [1.807, 2.05) is 6.07 Å². The number of ketones is 1. The quantitative estimate of drug-likeness (QED) is 0.181. The van der Waals surface area contributed by atoms with E-state index in [-0.39, 0.29) is 57.1 Å². The van der Waals surface area contributed by atoms with Crippen molar-refractivity contribution in [2.45, 2.75) is 94.9 Å². The molecule has 15 heteroatoms. The molecule has 2 saturated heterocycles. The van der Waals surface area contributed by atoms with Gasteiger partial charge in [0.25, 0.3) is 17.7 Å². The molecule has 3 aromatic rings. The zero-order chi connectivity index (χ0) is 35.6. The number of nitrogens with one attached hydrogen (secondary N) is 2. The van der Waals surface area contributed by atoms with Crippen molar-refractivity contribution in [3.8, 4) is 0 Å². The number of ether oxygens (including phenoxy) is 1. The predicted octanol–water partition coefficient (Wildman–Crippen LogP) is 2.10. The molecular weight excluding hydrogens is 644 g/mol. The van der Waals surface area contributed by atoms with Crippen LogP contribution < -0.4 is 11.1 Å². The van der Waals surface area contributed by atoms with E-state index >= 15 is 0 Å². The molecule has 2 aliphatic heterocycles. The summed E-state index contributed by atoms with van der Waals surface area (Å²) in [6, 6.07) is 5.31. The molecule has 3 aliphatic rings. The number of Topliss-reactive ketones (excluding diaryl/α,β-unsaturated/α-hetero) is 1. The zero-order valence-electron chi connectivity index (χ0n) is 28.4. The minimum Gasteiger partial charge on any atom is -0.384 e. The number of nitrogens with two attached hydrogens (primary N) is 1. The molecule has 5 N–H and O–H groups in total. The van der Waals surface area contributed by atoms with Crippen LogP contribution in [0, 0.1) is 5.92 Å². The Morgan fingerprint density at radius 1 is 1.12 bits per heavy atom. The molecule has 1 saturated carbocycles. The van der Waals surface area contributed by atoms with Gasteiger partial charge in [0, 0.05) is 56.3 Å². The van der Waals surface area contributed by atoms with Crippen LogP contribution in [0.15, 0.2) is 41.7 Å². The Hall–Kier alpha value is -4.76. The third-order valence-corrected chi connectivity index (χ3v) is 10.2. The number of likely N-dealkylation sites (tertiary alicyclic amines) is 1. The Labute approximate surface area is 289 Å². The van der Waals surface area contributed by atoms with Crippen molar-refractivity contribution in [1.82, 2.24) is 30.2 Å². The predicted molar refractivity (Wildman–Crippen MR) is 181 cm³/mol. The normalized spacial score (nSPS) is 21.7. The number of carbonyl (C=O) groups excluding carboxylic acids is 5. The fourth-order valence-electron chi connectivity index (χ4n) is 7.48. The number of nitrogens with zero attached hydrogens (tertiary/aromatic N) is 5. The van der Waals surface area contributed by atoms with Gasteiger partial charge < -0.3 is 30.8 Å². The van der Waals surface area contributed by atoms with Crippen LogP contribution in [0.4, 0.5) is 0 Å². The topological polar surface area (TPSA) is 215 Å². The Morgan fingerprint density at radius 3 is 2.56 bits per heavy atom. The molecule has 50 heavy (non-hydrogen) atoms. The lowest BCUT2D eigenvalue weighted by Gasteiger charge is -2.37. The first-order valence-electron chi connectivity index (χ1n) is 17.2. The van der Waals surface area contributed by atoms with E-state index in [0.29, 0.717) is 11.3 Å². The number of hydrogen-bond donors (Lipinski definition) is 4. The number of benzene rings is 1. The molecule has 15 nitrogen and oxygen atoms in total. The highest BCUT2D eigenvalue weighted by Gasteiger charge is 2.49. The number of rotatable bonds is 10. The molecule has 2 aromatic heterocycles. The number of aliphatic imine (C=N–C) groups is 1. The average Bonchev–Trinajstić information content (AvgIpc) is 3.87. The molecule has 4 heterocycles. The molecule has 0 spiro atoms. The van der Waals surface area contributed by atoms with E-state index in [2.05, 4.69) is 25.6 Å². The van der Waals surface area contributed by atoms with Crippen molar-refractivity contribution in [3.05, 3.63) is 47.9 Å². The monoisotopic (exact) mass is 688 g/mol. The second kappa shape index (κ2) is 14.2. The van der Waals surface area contributed by atoms with Gasteiger partial charge in [-0.1, -0.05) is 43.4 Å². The molecule has 266 valence electrons. The number of aromatic amines is 1. The molecule has 0 unspecified atom stereocenters. The van der Waals surface area contributed by atoms with Crippen molar-refractivity contribution in [2.24, 2.45) is 16.6 Å². The summed E-state index contributed by atoms with van der Waals surface area (Å²) in [7, 11) is 0. The van der Waals surface area contributed by atoms with Gasteiger partial charge in [-0.3, -0.25) is 24.0 Å². The number of carbonyl (C=O) groups is 5. The first-order valence-corrected chi connectivity index (χ1v) is 17.2. The van der Waals surface area contributed by atoms with Gasteiger partial charge in [0.05, 0.1) is 17.9 Å². The summed E-state index contributed by atoms with van der Waals surface area (Å²) in [6.45, 7) is 3.39. The fourth-order valence-corrected chi connectivity index (χ4v) is 7.48. The number of aromatic nitrogens is 4. The van der Waals surface area contributed by atoms with Crippen molar-refractivity contribution in [2.75, 3.05) is 19.8 Å². The van der Waals surface area contributed by atoms with E-state index in [9.17, 15) is 29.1 Å². The van der Waals surface area contributed by atoms with Crippen molar-refractivity contribution in [3.63, 3.8) is 0 Å². The summed E-state index contributed by atoms with van der Waals surface area (Å²) in [5.41, 5.74) is 3.98. The summed E-state index contributed by atoms with van der Waals surface area (Å²) < 4.78 is 6.92. The first-order chi connectivity index (χ1) is 23.9. The number of primary amides is 1. The van der Waals surface area contributed by atoms with Gasteiger partial charge in [-0.15, -0.1) is 5.10 Å². The first kappa shape index (κ1) is 35.1. The van der Waals surface area contributed by atoms with Crippen LogP contribution in [0.1, 0.15) is 93.7 Å². The number of fused-ring (bicyclic) bond motifs is 1. The Kier molecular flexibility index (Phi) is 9.98. The average molecular weight is 689 g/mol. The molecule has 2 atom stereocenters. The molecule has 3 fully saturated rings. The van der Waals surface area contributed by atoms with Gasteiger partial charge in [0.15, 0.2) is 0 Å². The van der Waals surface area contributed by atoms with Crippen LogP contribution in [-0.2, 0) is 29.5 Å². The second-order valence-electron chi connectivity index (χ2n) is 14.2. The van der Waals surface area contributed by atoms with Crippen LogP contribution in [-0.4, -0.2) is 96.4 Å². The largest absolute Gasteiger partial charge is 0.384 e. The highest BCUT2D eigenvalue weighted by atomic mass is 16.5. The van der Waals surface area contributed by atoms with E-state index in [1.54, 1.807) is 38.2 Å². The molecule has 6 rings (SSSR count). The summed E-state index contributed by atoms with van der Waals surface area (Å²) in [4.78, 5) is 76.7. The lowest BCUT2D eigenvalue weighted by Crippen LogP contribution is -2.63. The molecule has 0 bridgehead atoms. The Balaban J connectivity index is 1.36. The van der Waals surface area contributed by atoms with Crippen molar-refractivity contribution < 1.29 is 33.8 Å². The SMILES string of the molecule is CC(C)(O)c1cnnn1[C@H]1C[C@@H](C(=O)NC2(C(=O)C(N)=O)CCOCC2)N(C(=O)/C(CC2CCCCC2)=N/C(=O)c2ccc3cc[nH]c3c2)C1. The lowest BCUT2D eigenvalue weighted by molar-refractivity contribution is -0.146. The van der Waals surface area contributed by atoms with Crippen LogP contribution >= 0.6 is 0 Å². The maximum atomic E-state index is 14.7. The van der Waals surface area contributed by atoms with Crippen LogP contribution in [0.2, 0.25) is 0 Å². The van der Waals surface area contributed by atoms with Crippen LogP contribution in [0.3, 0.4) is 0 Å². The minimum atomic E-state index is -1.59. The maximum absolute atomic E-state index is 14.7. The van der Waals surface area contributed by atoms with Gasteiger partial charge >= 0.3 is 0 Å². The third-order valence-electron chi connectivity index (χ3n) is 10.2. The third kappa shape index (κ3) is 7.24. The van der Waals surface area contributed by atoms with E-state index in [0.717, 1.165) is 43.0 Å². The zero-order valence-corrected chi connectivity index (χ0v) is 28.4. The smallest absolute Gasteiger partial charge is 0.287 e. The summed E-state index contributed by atoms with van der Waals surface area (Å²) in [6.07, 6.45) is 8.45. The van der Waals surface area contributed by atoms with E-state index in [4.69, 9.17) is 10.5 Å². The van der Waals surface area contributed by atoms with Gasteiger partial charge in [-0.05, 0) is 49.8 Å². The van der Waals surface area contributed by atoms with Gasteiger partial charge in [0.1, 0.15) is 22.9 Å². The Morgan fingerprint density at radius 2 is 1.86 bits per heavy atom. The highest BCUT2D eigenvalue weighted by Crippen LogP contribution is 2.34. The highest BCUT2D eigenvalue weighted by molar-refractivity contribution is 6.41. The standard InChI is InChI=1S/C35H44N8O7/c1-34(2,49)28-19-38-41-43(28)24-18-27(32(47)40-35(29(44)30(36)45)11-14-50-15-12-35)42(20-24)33(48)26(16-21-6-4-3-5-7-21)39-31(46)23-9-8-22-10-13-37-25(22)17-23/h8-10,13,17,19,21,24,27,37,49H,3-7,11-12,14-16,18,20H2,1-2H3,(H2,36,45)(H,40,47)/b39-26+/t24-,27-/m0/s1. The summed E-state index contributed by atoms with van der Waals surface area (Å²) in [5, 5.41) is 22.8. The molecule has 0 radical (unpaired) electrons. The molecule has 1 aromatic carbocycles. The molecule has 4 amide bonds. The summed E-state index contributed by atoms with van der Waals surface area (Å²) >= 11 is 0. The summed E-state index contributed by atoms with van der Waals surface area (Å²) in [5.74, 6) is -3.81. The van der Waals surface area contributed by atoms with Gasteiger partial charge in [-0.2, -0.15) is 0 Å². The van der Waals surface area contributed by atoms with E-state index < -0.39 is 52.6 Å².